The van der Waals surface area contributed by atoms with Crippen LogP contribution in [0.5, 0.6) is 0 Å². The van der Waals surface area contributed by atoms with E-state index in [0.29, 0.717) is 10.9 Å². The Balaban J connectivity index is 2.03. The Bertz CT molecular complexity index is 640. The number of anilines is 2. The van der Waals surface area contributed by atoms with Crippen LogP contribution in [-0.2, 0) is 11.0 Å². The van der Waals surface area contributed by atoms with Crippen molar-refractivity contribution in [2.24, 2.45) is 0 Å². The smallest absolute Gasteiger partial charge is 0.192 e. The van der Waals surface area contributed by atoms with E-state index in [4.69, 9.17) is 16.0 Å². The maximum atomic E-state index is 6.20. The van der Waals surface area contributed by atoms with Gasteiger partial charge >= 0.3 is 0 Å². The standard InChI is InChI=1S/C15H22ClN3OSSi/c1-15(2,3)22(4,5)20-10-11-7-6-8-13(18-11)19-14-17-9-12(16)21-14/h6-9H,10H2,1-5H3,(H,17,18,19). The molecular formula is C15H22ClN3OSSi. The highest BCUT2D eigenvalue weighted by molar-refractivity contribution is 7.19. The summed E-state index contributed by atoms with van der Waals surface area (Å²) in [5.74, 6) is 0.752. The van der Waals surface area contributed by atoms with Crippen LogP contribution in [0.25, 0.3) is 0 Å². The van der Waals surface area contributed by atoms with E-state index < -0.39 is 8.32 Å². The molecule has 0 amide bonds. The van der Waals surface area contributed by atoms with Gasteiger partial charge in [0.15, 0.2) is 13.4 Å². The van der Waals surface area contributed by atoms with Crippen LogP contribution in [0.3, 0.4) is 0 Å². The molecule has 0 aromatic carbocycles. The second kappa shape index (κ2) is 6.66. The summed E-state index contributed by atoms with van der Waals surface area (Å²) in [6, 6.07) is 5.85. The first-order valence-electron chi connectivity index (χ1n) is 7.16. The molecule has 1 N–H and O–H groups in total. The predicted molar refractivity (Wildman–Crippen MR) is 96.6 cm³/mol. The van der Waals surface area contributed by atoms with E-state index in [2.05, 4.69) is 49.1 Å². The first-order valence-corrected chi connectivity index (χ1v) is 11.3. The molecule has 0 aliphatic rings. The monoisotopic (exact) mass is 355 g/mol. The maximum absolute atomic E-state index is 6.20. The van der Waals surface area contributed by atoms with Gasteiger partial charge in [-0.15, -0.1) is 0 Å². The van der Waals surface area contributed by atoms with Crippen molar-refractivity contribution in [1.82, 2.24) is 9.97 Å². The van der Waals surface area contributed by atoms with E-state index in [1.807, 2.05) is 18.2 Å². The van der Waals surface area contributed by atoms with Crippen LogP contribution >= 0.6 is 22.9 Å². The van der Waals surface area contributed by atoms with Crippen LogP contribution in [0.1, 0.15) is 26.5 Å². The third-order valence-electron chi connectivity index (χ3n) is 3.91. The van der Waals surface area contributed by atoms with E-state index >= 15 is 0 Å². The first kappa shape index (κ1) is 17.4. The third kappa shape index (κ3) is 4.52. The molecule has 0 radical (unpaired) electrons. The largest absolute Gasteiger partial charge is 0.411 e. The van der Waals surface area contributed by atoms with Crippen molar-refractivity contribution in [3.05, 3.63) is 34.4 Å². The van der Waals surface area contributed by atoms with E-state index in [1.54, 1.807) is 6.20 Å². The van der Waals surface area contributed by atoms with Gasteiger partial charge in [-0.3, -0.25) is 0 Å². The lowest BCUT2D eigenvalue weighted by Gasteiger charge is -2.36. The van der Waals surface area contributed by atoms with E-state index in [0.717, 1.165) is 16.6 Å². The number of nitrogens with one attached hydrogen (secondary N) is 1. The van der Waals surface area contributed by atoms with E-state index in [-0.39, 0.29) is 5.04 Å². The zero-order valence-corrected chi connectivity index (χ0v) is 16.2. The molecule has 0 saturated carbocycles. The Morgan fingerprint density at radius 3 is 2.64 bits per heavy atom. The van der Waals surface area contributed by atoms with Gasteiger partial charge in [0.05, 0.1) is 18.5 Å². The molecule has 2 aromatic rings. The fraction of sp³-hybridized carbons (Fsp3) is 0.467. The summed E-state index contributed by atoms with van der Waals surface area (Å²) in [5, 5.41) is 4.09. The predicted octanol–water partition coefficient (Wildman–Crippen LogP) is 5.46. The fourth-order valence-corrected chi connectivity index (χ4v) is 3.28. The van der Waals surface area contributed by atoms with Crippen molar-refractivity contribution in [1.29, 1.82) is 0 Å². The fourth-order valence-electron chi connectivity index (χ4n) is 1.52. The molecule has 120 valence electrons. The summed E-state index contributed by atoms with van der Waals surface area (Å²) in [7, 11) is -1.76. The van der Waals surface area contributed by atoms with Gasteiger partial charge in [0.1, 0.15) is 10.2 Å². The maximum Gasteiger partial charge on any atom is 0.192 e. The number of pyridine rings is 1. The number of aromatic nitrogens is 2. The molecule has 0 spiro atoms. The summed E-state index contributed by atoms with van der Waals surface area (Å²) >= 11 is 7.27. The second-order valence-corrected chi connectivity index (χ2v) is 13.1. The highest BCUT2D eigenvalue weighted by Crippen LogP contribution is 2.37. The zero-order chi connectivity index (χ0) is 16.4. The Hall–Kier alpha value is -0.953. The molecule has 0 fully saturated rings. The van der Waals surface area contributed by atoms with Gasteiger partial charge in [0.25, 0.3) is 0 Å². The summed E-state index contributed by atoms with van der Waals surface area (Å²) < 4.78 is 6.86. The molecule has 0 bridgehead atoms. The number of hydrogen-bond acceptors (Lipinski definition) is 5. The van der Waals surface area contributed by atoms with Gasteiger partial charge in [-0.2, -0.15) is 0 Å². The number of halogens is 1. The van der Waals surface area contributed by atoms with Gasteiger partial charge < -0.3 is 9.74 Å². The van der Waals surface area contributed by atoms with Gasteiger partial charge in [0, 0.05) is 0 Å². The minimum absolute atomic E-state index is 0.195. The SMILES string of the molecule is CC(C)(C)[Si](C)(C)OCc1cccc(Nc2ncc(Cl)s2)n1. The van der Waals surface area contributed by atoms with Crippen LogP contribution in [0.4, 0.5) is 10.9 Å². The summed E-state index contributed by atoms with van der Waals surface area (Å²) in [6.07, 6.45) is 1.62. The average Bonchev–Trinajstić information content (AvgIpc) is 2.81. The molecule has 0 aliphatic heterocycles. The molecule has 7 heteroatoms. The Morgan fingerprint density at radius 2 is 2.05 bits per heavy atom. The zero-order valence-electron chi connectivity index (χ0n) is 13.6. The first-order chi connectivity index (χ1) is 10.2. The Morgan fingerprint density at radius 1 is 1.32 bits per heavy atom. The topological polar surface area (TPSA) is 47.0 Å². The molecule has 0 atom stereocenters. The van der Waals surface area contributed by atoms with Crippen molar-refractivity contribution in [2.75, 3.05) is 5.32 Å². The van der Waals surface area contributed by atoms with Crippen LogP contribution in [0, 0.1) is 0 Å². The van der Waals surface area contributed by atoms with Crippen molar-refractivity contribution in [2.45, 2.75) is 45.5 Å². The Kier molecular flexibility index (Phi) is 5.27. The normalized spacial score (nSPS) is 12.5. The molecule has 22 heavy (non-hydrogen) atoms. The van der Waals surface area contributed by atoms with Gasteiger partial charge in [-0.1, -0.05) is 49.8 Å². The number of nitrogens with zero attached hydrogens (tertiary/aromatic N) is 2. The van der Waals surface area contributed by atoms with Crippen molar-refractivity contribution in [3.63, 3.8) is 0 Å². The van der Waals surface area contributed by atoms with Gasteiger partial charge in [-0.05, 0) is 30.3 Å². The quantitative estimate of drug-likeness (QED) is 0.723. The lowest BCUT2D eigenvalue weighted by atomic mass is 10.2. The van der Waals surface area contributed by atoms with Crippen molar-refractivity contribution >= 4 is 42.2 Å². The summed E-state index contributed by atoms with van der Waals surface area (Å²) in [6.45, 7) is 11.7. The molecule has 0 aliphatic carbocycles. The molecule has 4 nitrogen and oxygen atoms in total. The Labute approximate surface area is 142 Å². The van der Waals surface area contributed by atoms with E-state index in [1.165, 1.54) is 11.3 Å². The number of hydrogen-bond donors (Lipinski definition) is 1. The molecule has 0 saturated heterocycles. The lowest BCUT2D eigenvalue weighted by Crippen LogP contribution is -2.40. The van der Waals surface area contributed by atoms with Crippen LogP contribution in [-0.4, -0.2) is 18.3 Å². The van der Waals surface area contributed by atoms with Crippen molar-refractivity contribution < 1.29 is 4.43 Å². The summed E-state index contributed by atoms with van der Waals surface area (Å²) in [5.41, 5.74) is 0.914. The number of rotatable bonds is 5. The van der Waals surface area contributed by atoms with Crippen molar-refractivity contribution in [3.8, 4) is 0 Å². The molecule has 2 heterocycles. The average molecular weight is 356 g/mol. The minimum Gasteiger partial charge on any atom is -0.411 e. The van der Waals surface area contributed by atoms with Gasteiger partial charge in [-0.25, -0.2) is 9.97 Å². The molecular weight excluding hydrogens is 334 g/mol. The molecule has 2 aromatic heterocycles. The number of thiazole rings is 1. The second-order valence-electron chi connectivity index (χ2n) is 6.66. The third-order valence-corrected chi connectivity index (χ3v) is 9.42. The lowest BCUT2D eigenvalue weighted by molar-refractivity contribution is 0.272. The van der Waals surface area contributed by atoms with Crippen LogP contribution in [0.15, 0.2) is 24.4 Å². The minimum atomic E-state index is -1.76. The van der Waals surface area contributed by atoms with E-state index in [9.17, 15) is 0 Å². The summed E-state index contributed by atoms with van der Waals surface area (Å²) in [4.78, 5) is 8.74. The highest BCUT2D eigenvalue weighted by Gasteiger charge is 2.37. The van der Waals surface area contributed by atoms with Crippen LogP contribution in [0.2, 0.25) is 22.5 Å². The highest BCUT2D eigenvalue weighted by atomic mass is 35.5. The van der Waals surface area contributed by atoms with Crippen LogP contribution < -0.4 is 5.32 Å². The van der Waals surface area contributed by atoms with Gasteiger partial charge in [0.2, 0.25) is 0 Å². The molecule has 0 unspecified atom stereocenters. The molecule has 2 rings (SSSR count).